The summed E-state index contributed by atoms with van der Waals surface area (Å²) in [4.78, 5) is -0.0596. The highest BCUT2D eigenvalue weighted by atomic mass is 35.5. The van der Waals surface area contributed by atoms with Gasteiger partial charge in [0.2, 0.25) is 10.0 Å². The second-order valence-corrected chi connectivity index (χ2v) is 8.90. The second-order valence-electron chi connectivity index (χ2n) is 6.37. The summed E-state index contributed by atoms with van der Waals surface area (Å²) < 4.78 is 49.2. The molecule has 3 aromatic rings. The van der Waals surface area contributed by atoms with E-state index in [0.717, 1.165) is 0 Å². The fourth-order valence-electron chi connectivity index (χ4n) is 2.99. The van der Waals surface area contributed by atoms with Crippen LogP contribution in [0.4, 0.5) is 4.39 Å². The number of nitrogens with zero attached hydrogens (tertiary/aromatic N) is 3. The SMILES string of the molecule is CCn1c(OC)nnc1[C@@H](Cc1cccc(F)c1)NS(=O)(=O)c1ccc(Cl)c(Cl)c1. The van der Waals surface area contributed by atoms with Gasteiger partial charge in [-0.1, -0.05) is 40.4 Å². The second kappa shape index (κ2) is 9.30. The zero-order chi connectivity index (χ0) is 21.9. The summed E-state index contributed by atoms with van der Waals surface area (Å²) >= 11 is 11.9. The molecule has 1 N–H and O–H groups in total. The lowest BCUT2D eigenvalue weighted by Gasteiger charge is -2.19. The quantitative estimate of drug-likeness (QED) is 0.534. The maximum absolute atomic E-state index is 13.7. The van der Waals surface area contributed by atoms with Crippen LogP contribution in [0.15, 0.2) is 47.4 Å². The van der Waals surface area contributed by atoms with E-state index in [-0.39, 0.29) is 27.4 Å². The van der Waals surface area contributed by atoms with Gasteiger partial charge in [-0.15, -0.1) is 5.10 Å². The van der Waals surface area contributed by atoms with E-state index in [1.807, 2.05) is 6.92 Å². The number of hydrogen-bond donors (Lipinski definition) is 1. The summed E-state index contributed by atoms with van der Waals surface area (Å²) in [5.74, 6) is -0.0876. The van der Waals surface area contributed by atoms with Crippen molar-refractivity contribution in [2.45, 2.75) is 30.8 Å². The van der Waals surface area contributed by atoms with Gasteiger partial charge in [0.15, 0.2) is 5.82 Å². The summed E-state index contributed by atoms with van der Waals surface area (Å²) in [6.07, 6.45) is 0.139. The first-order chi connectivity index (χ1) is 14.2. The molecule has 0 saturated carbocycles. The maximum atomic E-state index is 13.7. The summed E-state index contributed by atoms with van der Waals surface area (Å²) in [5, 5.41) is 8.41. The number of ether oxygens (including phenoxy) is 1. The molecule has 2 aromatic carbocycles. The van der Waals surface area contributed by atoms with Crippen molar-refractivity contribution in [3.05, 3.63) is 69.7 Å². The van der Waals surface area contributed by atoms with Crippen molar-refractivity contribution in [3.63, 3.8) is 0 Å². The zero-order valence-electron chi connectivity index (χ0n) is 16.1. The molecule has 30 heavy (non-hydrogen) atoms. The summed E-state index contributed by atoms with van der Waals surface area (Å²) in [7, 11) is -2.56. The molecule has 160 valence electrons. The van der Waals surface area contributed by atoms with Crippen LogP contribution in [0.25, 0.3) is 0 Å². The molecule has 0 aliphatic rings. The largest absolute Gasteiger partial charge is 0.467 e. The number of methoxy groups -OCH3 is 1. The van der Waals surface area contributed by atoms with Gasteiger partial charge >= 0.3 is 6.01 Å². The third-order valence-corrected chi connectivity index (χ3v) is 6.59. The van der Waals surface area contributed by atoms with Crippen LogP contribution in [0.3, 0.4) is 0 Å². The minimum absolute atomic E-state index is 0.0596. The van der Waals surface area contributed by atoms with Gasteiger partial charge in [0.25, 0.3) is 0 Å². The smallest absolute Gasteiger partial charge is 0.316 e. The minimum atomic E-state index is -4.01. The van der Waals surface area contributed by atoms with Crippen LogP contribution < -0.4 is 9.46 Å². The van der Waals surface area contributed by atoms with E-state index in [1.54, 1.807) is 16.7 Å². The van der Waals surface area contributed by atoms with Gasteiger partial charge in [-0.3, -0.25) is 4.57 Å². The Labute approximate surface area is 183 Å². The van der Waals surface area contributed by atoms with E-state index in [1.165, 1.54) is 37.4 Å². The third kappa shape index (κ3) is 4.92. The zero-order valence-corrected chi connectivity index (χ0v) is 18.5. The molecule has 7 nitrogen and oxygen atoms in total. The van der Waals surface area contributed by atoms with Gasteiger partial charge in [0.1, 0.15) is 5.82 Å². The molecular weight excluding hydrogens is 454 g/mol. The molecule has 1 atom stereocenters. The number of benzene rings is 2. The van der Waals surface area contributed by atoms with Gasteiger partial charge in [-0.2, -0.15) is 0 Å². The van der Waals surface area contributed by atoms with Crippen LogP contribution >= 0.6 is 23.2 Å². The van der Waals surface area contributed by atoms with E-state index >= 15 is 0 Å². The molecular formula is C19H19Cl2FN4O3S. The average molecular weight is 473 g/mol. The predicted molar refractivity (Wildman–Crippen MR) is 112 cm³/mol. The Morgan fingerprint density at radius 1 is 1.17 bits per heavy atom. The molecule has 0 spiro atoms. The van der Waals surface area contributed by atoms with E-state index in [2.05, 4.69) is 14.9 Å². The number of nitrogens with one attached hydrogen (secondary N) is 1. The molecule has 0 bridgehead atoms. The molecule has 0 aliphatic heterocycles. The van der Waals surface area contributed by atoms with Crippen LogP contribution in [0.2, 0.25) is 10.0 Å². The van der Waals surface area contributed by atoms with Crippen molar-refractivity contribution in [2.24, 2.45) is 0 Å². The number of hydrogen-bond acceptors (Lipinski definition) is 5. The van der Waals surface area contributed by atoms with Crippen molar-refractivity contribution in [1.29, 1.82) is 0 Å². The number of rotatable bonds is 8. The van der Waals surface area contributed by atoms with Crippen molar-refractivity contribution in [1.82, 2.24) is 19.5 Å². The fourth-order valence-corrected chi connectivity index (χ4v) is 4.57. The number of sulfonamides is 1. The van der Waals surface area contributed by atoms with Crippen molar-refractivity contribution < 1.29 is 17.5 Å². The molecule has 1 aromatic heterocycles. The number of halogens is 3. The molecule has 0 amide bonds. The molecule has 1 heterocycles. The van der Waals surface area contributed by atoms with Crippen molar-refractivity contribution in [2.75, 3.05) is 7.11 Å². The molecule has 0 fully saturated rings. The third-order valence-electron chi connectivity index (χ3n) is 4.38. The highest BCUT2D eigenvalue weighted by molar-refractivity contribution is 7.89. The first-order valence-electron chi connectivity index (χ1n) is 8.94. The average Bonchev–Trinajstić information content (AvgIpc) is 3.12. The first-order valence-corrected chi connectivity index (χ1v) is 11.2. The van der Waals surface area contributed by atoms with E-state index in [4.69, 9.17) is 27.9 Å². The van der Waals surface area contributed by atoms with Crippen molar-refractivity contribution >= 4 is 33.2 Å². The summed E-state index contributed by atoms with van der Waals surface area (Å²) in [6.45, 7) is 2.29. The fraction of sp³-hybridized carbons (Fsp3) is 0.263. The standard InChI is InChI=1S/C19H19Cl2FN4O3S/c1-3-26-18(23-24-19(26)29-2)17(10-12-5-4-6-13(22)9-12)25-30(27,28)14-7-8-15(20)16(21)11-14/h4-9,11,17,25H,3,10H2,1-2H3/t17-/m1/s1. The van der Waals surface area contributed by atoms with Crippen LogP contribution in [0.5, 0.6) is 6.01 Å². The molecule has 0 saturated heterocycles. The lowest BCUT2D eigenvalue weighted by molar-refractivity contribution is 0.354. The summed E-state index contributed by atoms with van der Waals surface area (Å²) in [5.41, 5.74) is 0.585. The Hall–Kier alpha value is -2.20. The minimum Gasteiger partial charge on any atom is -0.467 e. The molecule has 3 rings (SSSR count). The molecule has 0 radical (unpaired) electrons. The molecule has 0 aliphatic carbocycles. The van der Waals surface area contributed by atoms with Gasteiger partial charge in [0, 0.05) is 6.54 Å². The monoisotopic (exact) mass is 472 g/mol. The summed E-state index contributed by atoms with van der Waals surface area (Å²) in [6, 6.07) is 9.32. The van der Waals surface area contributed by atoms with Crippen LogP contribution in [0.1, 0.15) is 24.4 Å². The van der Waals surface area contributed by atoms with E-state index < -0.39 is 21.9 Å². The molecule has 0 unspecified atom stereocenters. The maximum Gasteiger partial charge on any atom is 0.316 e. The Morgan fingerprint density at radius 3 is 2.57 bits per heavy atom. The van der Waals surface area contributed by atoms with E-state index in [0.29, 0.717) is 17.9 Å². The van der Waals surface area contributed by atoms with Crippen LogP contribution in [-0.2, 0) is 23.0 Å². The topological polar surface area (TPSA) is 86.1 Å². The van der Waals surface area contributed by atoms with E-state index in [9.17, 15) is 12.8 Å². The molecule has 11 heteroatoms. The first kappa shape index (κ1) is 22.5. The van der Waals surface area contributed by atoms with Crippen molar-refractivity contribution in [3.8, 4) is 6.01 Å². The Kier molecular flexibility index (Phi) is 6.97. The normalized spacial score (nSPS) is 12.7. The van der Waals surface area contributed by atoms with Crippen LogP contribution in [0, 0.1) is 5.82 Å². The Morgan fingerprint density at radius 2 is 1.93 bits per heavy atom. The Bertz CT molecular complexity index is 1150. The highest BCUT2D eigenvalue weighted by Crippen LogP contribution is 2.27. The van der Waals surface area contributed by atoms with Gasteiger partial charge in [-0.05, 0) is 49.2 Å². The predicted octanol–water partition coefficient (Wildman–Crippen LogP) is 4.01. The van der Waals surface area contributed by atoms with Gasteiger partial charge < -0.3 is 4.74 Å². The lowest BCUT2D eigenvalue weighted by atomic mass is 10.1. The van der Waals surface area contributed by atoms with Gasteiger partial charge in [-0.25, -0.2) is 17.5 Å². The Balaban J connectivity index is 2.02. The highest BCUT2D eigenvalue weighted by Gasteiger charge is 2.27. The lowest BCUT2D eigenvalue weighted by Crippen LogP contribution is -2.32. The van der Waals surface area contributed by atoms with Crippen LogP contribution in [-0.4, -0.2) is 30.3 Å². The number of aromatic nitrogens is 3. The van der Waals surface area contributed by atoms with Gasteiger partial charge in [0.05, 0.1) is 28.1 Å².